The van der Waals surface area contributed by atoms with Gasteiger partial charge in [0.1, 0.15) is 0 Å². The van der Waals surface area contributed by atoms with Crippen molar-refractivity contribution in [3.8, 4) is 0 Å². The molecule has 0 saturated heterocycles. The average molecular weight is 379 g/mol. The molecule has 25 heavy (non-hydrogen) atoms. The van der Waals surface area contributed by atoms with Gasteiger partial charge < -0.3 is 10.6 Å². The van der Waals surface area contributed by atoms with Gasteiger partial charge in [-0.3, -0.25) is 9.59 Å². The molecule has 0 saturated carbocycles. The maximum absolute atomic E-state index is 12.1. The summed E-state index contributed by atoms with van der Waals surface area (Å²) in [5.41, 5.74) is 2.56. The van der Waals surface area contributed by atoms with E-state index in [1.165, 1.54) is 11.6 Å². The second-order valence-corrected chi connectivity index (χ2v) is 6.56. The summed E-state index contributed by atoms with van der Waals surface area (Å²) in [5.74, 6) is -0.627. The first-order chi connectivity index (χ1) is 11.9. The lowest BCUT2D eigenvalue weighted by Crippen LogP contribution is -2.38. The summed E-state index contributed by atoms with van der Waals surface area (Å²) in [5, 5.41) is 6.18. The molecule has 0 aliphatic carbocycles. The van der Waals surface area contributed by atoms with Crippen molar-refractivity contribution in [2.75, 3.05) is 6.54 Å². The highest BCUT2D eigenvalue weighted by molar-refractivity contribution is 6.42. The lowest BCUT2D eigenvalue weighted by Gasteiger charge is -2.18. The Hall–Kier alpha value is -2.04. The van der Waals surface area contributed by atoms with Gasteiger partial charge in [0.15, 0.2) is 0 Å². The molecule has 132 valence electrons. The van der Waals surface area contributed by atoms with Crippen LogP contribution in [0.15, 0.2) is 42.5 Å². The highest BCUT2D eigenvalue weighted by atomic mass is 35.5. The Morgan fingerprint density at radius 1 is 1.04 bits per heavy atom. The maximum Gasteiger partial charge on any atom is 0.251 e. The van der Waals surface area contributed by atoms with Gasteiger partial charge in [-0.05, 0) is 37.1 Å². The molecule has 2 amide bonds. The molecule has 0 aromatic heterocycles. The van der Waals surface area contributed by atoms with E-state index >= 15 is 0 Å². The highest BCUT2D eigenvalue weighted by Gasteiger charge is 2.14. The predicted molar refractivity (Wildman–Crippen MR) is 101 cm³/mol. The van der Waals surface area contributed by atoms with E-state index in [1.807, 2.05) is 38.1 Å². The molecule has 2 N–H and O–H groups in total. The number of rotatable bonds is 6. The van der Waals surface area contributed by atoms with Gasteiger partial charge >= 0.3 is 0 Å². The molecule has 0 aliphatic rings. The fraction of sp³-hybridized carbons (Fsp3) is 0.263. The van der Waals surface area contributed by atoms with Crippen molar-refractivity contribution in [3.63, 3.8) is 0 Å². The fourth-order valence-corrected chi connectivity index (χ4v) is 2.66. The van der Waals surface area contributed by atoms with Crippen molar-refractivity contribution >= 4 is 35.0 Å². The second-order valence-electron chi connectivity index (χ2n) is 5.75. The van der Waals surface area contributed by atoms with E-state index in [1.54, 1.807) is 12.1 Å². The zero-order valence-electron chi connectivity index (χ0n) is 14.1. The monoisotopic (exact) mass is 378 g/mol. The van der Waals surface area contributed by atoms with E-state index in [0.717, 1.165) is 12.0 Å². The van der Waals surface area contributed by atoms with Crippen LogP contribution in [0.2, 0.25) is 10.0 Å². The Morgan fingerprint density at radius 3 is 2.32 bits per heavy atom. The molecule has 0 bridgehead atoms. The third-order valence-electron chi connectivity index (χ3n) is 3.81. The molecule has 0 spiro atoms. The normalized spacial score (nSPS) is 11.7. The third kappa shape index (κ3) is 5.48. The lowest BCUT2D eigenvalue weighted by atomic mass is 10.0. The summed E-state index contributed by atoms with van der Waals surface area (Å²) >= 11 is 11.7. The summed E-state index contributed by atoms with van der Waals surface area (Å²) in [6, 6.07) is 12.5. The summed E-state index contributed by atoms with van der Waals surface area (Å²) in [4.78, 5) is 24.2. The SMILES string of the molecule is CC[C@H](NC(=O)CNC(=O)c1ccc(Cl)c(Cl)c1)c1ccc(C)cc1. The average Bonchev–Trinajstić information content (AvgIpc) is 2.60. The minimum absolute atomic E-state index is 0.0880. The van der Waals surface area contributed by atoms with E-state index in [0.29, 0.717) is 15.6 Å². The Morgan fingerprint density at radius 2 is 1.72 bits per heavy atom. The van der Waals surface area contributed by atoms with Crippen molar-refractivity contribution in [2.45, 2.75) is 26.3 Å². The number of nitrogens with one attached hydrogen (secondary N) is 2. The highest BCUT2D eigenvalue weighted by Crippen LogP contribution is 2.22. The minimum Gasteiger partial charge on any atom is -0.348 e. The number of amides is 2. The molecule has 2 aromatic rings. The molecule has 2 aromatic carbocycles. The Balaban J connectivity index is 1.91. The number of aryl methyl sites for hydroxylation is 1. The van der Waals surface area contributed by atoms with Crippen molar-refractivity contribution in [2.24, 2.45) is 0 Å². The van der Waals surface area contributed by atoms with Crippen LogP contribution in [-0.4, -0.2) is 18.4 Å². The van der Waals surface area contributed by atoms with Gasteiger partial charge in [-0.2, -0.15) is 0 Å². The first-order valence-electron chi connectivity index (χ1n) is 8.00. The first kappa shape index (κ1) is 19.3. The van der Waals surface area contributed by atoms with Crippen LogP contribution in [0.4, 0.5) is 0 Å². The van der Waals surface area contributed by atoms with Gasteiger partial charge in [0.2, 0.25) is 5.91 Å². The molecule has 1 atom stereocenters. The molecular formula is C19H20Cl2N2O2. The lowest BCUT2D eigenvalue weighted by molar-refractivity contribution is -0.120. The second kappa shape index (κ2) is 8.88. The van der Waals surface area contributed by atoms with E-state index < -0.39 is 0 Å². The van der Waals surface area contributed by atoms with Gasteiger partial charge in [0.25, 0.3) is 5.91 Å². The van der Waals surface area contributed by atoms with Crippen LogP contribution in [0, 0.1) is 6.92 Å². The van der Waals surface area contributed by atoms with Crippen LogP contribution in [-0.2, 0) is 4.79 Å². The zero-order chi connectivity index (χ0) is 18.4. The molecule has 0 aliphatic heterocycles. The summed E-state index contributed by atoms with van der Waals surface area (Å²) < 4.78 is 0. The Bertz CT molecular complexity index is 761. The number of carbonyl (C=O) groups is 2. The Kier molecular flexibility index (Phi) is 6.85. The molecule has 0 unspecified atom stereocenters. The van der Waals surface area contributed by atoms with Crippen LogP contribution >= 0.6 is 23.2 Å². The maximum atomic E-state index is 12.1. The smallest absolute Gasteiger partial charge is 0.251 e. The fourth-order valence-electron chi connectivity index (χ4n) is 2.37. The summed E-state index contributed by atoms with van der Waals surface area (Å²) in [6.07, 6.45) is 0.759. The van der Waals surface area contributed by atoms with E-state index in [2.05, 4.69) is 10.6 Å². The van der Waals surface area contributed by atoms with E-state index in [4.69, 9.17) is 23.2 Å². The van der Waals surface area contributed by atoms with Crippen LogP contribution in [0.1, 0.15) is 40.9 Å². The third-order valence-corrected chi connectivity index (χ3v) is 4.55. The molecular weight excluding hydrogens is 359 g/mol. The molecule has 4 nitrogen and oxygen atoms in total. The Labute approximate surface area is 157 Å². The topological polar surface area (TPSA) is 58.2 Å². The standard InChI is InChI=1S/C19H20Cl2N2O2/c1-3-17(13-6-4-12(2)5-7-13)23-18(24)11-22-19(25)14-8-9-15(20)16(21)10-14/h4-10,17H,3,11H2,1-2H3,(H,22,25)(H,23,24)/t17-/m0/s1. The first-order valence-corrected chi connectivity index (χ1v) is 8.75. The van der Waals surface area contributed by atoms with Gasteiger partial charge in [-0.25, -0.2) is 0 Å². The van der Waals surface area contributed by atoms with Gasteiger partial charge in [0.05, 0.1) is 22.6 Å². The molecule has 2 rings (SSSR count). The van der Waals surface area contributed by atoms with Gasteiger partial charge in [-0.1, -0.05) is 60.0 Å². The molecule has 0 radical (unpaired) electrons. The quantitative estimate of drug-likeness (QED) is 0.786. The van der Waals surface area contributed by atoms with Crippen LogP contribution in [0.5, 0.6) is 0 Å². The molecule has 0 heterocycles. The van der Waals surface area contributed by atoms with Crippen LogP contribution in [0.3, 0.4) is 0 Å². The van der Waals surface area contributed by atoms with E-state index in [9.17, 15) is 9.59 Å². The number of halogens is 2. The predicted octanol–water partition coefficient (Wildman–Crippen LogP) is 4.30. The number of hydrogen-bond acceptors (Lipinski definition) is 2. The summed E-state index contributed by atoms with van der Waals surface area (Å²) in [7, 11) is 0. The van der Waals surface area contributed by atoms with Crippen LogP contribution in [0.25, 0.3) is 0 Å². The van der Waals surface area contributed by atoms with Crippen molar-refractivity contribution in [1.29, 1.82) is 0 Å². The van der Waals surface area contributed by atoms with Gasteiger partial charge in [-0.15, -0.1) is 0 Å². The number of benzene rings is 2. The molecule has 6 heteroatoms. The molecule has 0 fully saturated rings. The van der Waals surface area contributed by atoms with Crippen molar-refractivity contribution in [3.05, 3.63) is 69.2 Å². The number of carbonyl (C=O) groups excluding carboxylic acids is 2. The van der Waals surface area contributed by atoms with Crippen LogP contribution < -0.4 is 10.6 Å². The van der Waals surface area contributed by atoms with Crippen molar-refractivity contribution in [1.82, 2.24) is 10.6 Å². The summed E-state index contributed by atoms with van der Waals surface area (Å²) in [6.45, 7) is 3.91. The zero-order valence-corrected chi connectivity index (χ0v) is 15.6. The largest absolute Gasteiger partial charge is 0.348 e. The minimum atomic E-state index is -0.378. The van der Waals surface area contributed by atoms with Gasteiger partial charge in [0, 0.05) is 5.56 Å². The van der Waals surface area contributed by atoms with E-state index in [-0.39, 0.29) is 24.4 Å². The van der Waals surface area contributed by atoms with Crippen molar-refractivity contribution < 1.29 is 9.59 Å². The number of hydrogen-bond donors (Lipinski definition) is 2.